The van der Waals surface area contributed by atoms with Crippen LogP contribution in [-0.4, -0.2) is 6.36 Å². The van der Waals surface area contributed by atoms with Crippen molar-refractivity contribution in [1.29, 1.82) is 0 Å². The molecular weight excluding hydrogens is 212 g/mol. The van der Waals surface area contributed by atoms with E-state index < -0.39 is 17.9 Å². The second kappa shape index (κ2) is 4.33. The van der Waals surface area contributed by atoms with Crippen molar-refractivity contribution in [2.45, 2.75) is 12.8 Å². The van der Waals surface area contributed by atoms with Gasteiger partial charge in [0.1, 0.15) is 11.6 Å². The van der Waals surface area contributed by atoms with Gasteiger partial charge in [-0.05, 0) is 30.2 Å². The van der Waals surface area contributed by atoms with Crippen LogP contribution in [-0.2, 0) is 6.42 Å². The molecule has 1 rings (SSSR count). The maximum Gasteiger partial charge on any atom is 0.573 e. The minimum Gasteiger partial charge on any atom is -0.406 e. The molecule has 1 nitrogen and oxygen atoms in total. The Morgan fingerprint density at radius 2 is 2.07 bits per heavy atom. The lowest BCUT2D eigenvalue weighted by molar-refractivity contribution is -0.274. The Morgan fingerprint density at radius 3 is 2.60 bits per heavy atom. The van der Waals surface area contributed by atoms with Crippen molar-refractivity contribution in [3.8, 4) is 5.75 Å². The van der Waals surface area contributed by atoms with Gasteiger partial charge in [-0.1, -0.05) is 6.08 Å². The van der Waals surface area contributed by atoms with E-state index in [2.05, 4.69) is 11.3 Å². The average Bonchev–Trinajstić information content (AvgIpc) is 2.09. The van der Waals surface area contributed by atoms with Crippen LogP contribution in [0.4, 0.5) is 17.6 Å². The van der Waals surface area contributed by atoms with Gasteiger partial charge < -0.3 is 4.74 Å². The lowest BCUT2D eigenvalue weighted by Gasteiger charge is -2.09. The molecule has 0 heterocycles. The molecule has 0 aliphatic heterocycles. The molecule has 0 radical (unpaired) electrons. The van der Waals surface area contributed by atoms with E-state index in [0.29, 0.717) is 0 Å². The monoisotopic (exact) mass is 222 g/mol. The number of alkyl halides is 3. The van der Waals surface area contributed by atoms with Gasteiger partial charge in [0.2, 0.25) is 0 Å². The minimum atomic E-state index is -4.76. The van der Waals surface area contributed by atoms with E-state index in [4.69, 9.17) is 0 Å². The Morgan fingerprint density at radius 1 is 1.40 bits per heavy atom. The van der Waals surface area contributed by atoms with E-state index in [1.807, 2.05) is 0 Å². The van der Waals surface area contributed by atoms with E-state index in [1.54, 1.807) is 0 Å². The third kappa shape index (κ3) is 3.61. The summed E-state index contributed by atoms with van der Waals surface area (Å²) in [5.74, 6) is -1.01. The highest BCUT2D eigenvalue weighted by Gasteiger charge is 2.31. The largest absolute Gasteiger partial charge is 0.573 e. The van der Waals surface area contributed by atoms with Gasteiger partial charge in [-0.25, -0.2) is 4.39 Å². The Labute approximate surface area is 85.5 Å². The molecule has 0 aliphatic carbocycles. The predicted molar refractivity (Wildman–Crippen MR) is 49.1 cm³/mol. The summed E-state index contributed by atoms with van der Waals surface area (Å²) in [4.78, 5) is 0. The summed E-state index contributed by atoms with van der Waals surface area (Å²) in [7, 11) is 0. The third-order valence-electron chi connectivity index (χ3n) is 1.62. The number of ether oxygens (including phenoxy) is 1. The minimum absolute atomic E-state index is 0. The zero-order chi connectivity index (χ0) is 11.5. The first-order valence-corrected chi connectivity index (χ1v) is 4.07. The first-order valence-electron chi connectivity index (χ1n) is 4.07. The Kier molecular flexibility index (Phi) is 3.34. The lowest BCUT2D eigenvalue weighted by Crippen LogP contribution is -2.17. The molecule has 5 heteroatoms. The molecule has 0 amide bonds. The third-order valence-corrected chi connectivity index (χ3v) is 1.62. The van der Waals surface area contributed by atoms with Crippen molar-refractivity contribution in [1.82, 2.24) is 0 Å². The molecule has 0 saturated heterocycles. The number of allylic oxidation sites excluding steroid dienone is 1. The van der Waals surface area contributed by atoms with Crippen LogP contribution in [0.25, 0.3) is 0 Å². The molecule has 0 unspecified atom stereocenters. The Bertz CT molecular complexity index is 362. The lowest BCUT2D eigenvalue weighted by atomic mass is 10.1. The van der Waals surface area contributed by atoms with Crippen LogP contribution >= 0.6 is 0 Å². The molecule has 0 spiro atoms. The highest BCUT2D eigenvalue weighted by Crippen LogP contribution is 2.24. The molecule has 84 valence electrons. The van der Waals surface area contributed by atoms with E-state index in [-0.39, 0.29) is 13.4 Å². The topological polar surface area (TPSA) is 9.23 Å². The van der Waals surface area contributed by atoms with Crippen LogP contribution in [0.2, 0.25) is 0 Å². The van der Waals surface area contributed by atoms with Crippen molar-refractivity contribution < 1.29 is 23.7 Å². The van der Waals surface area contributed by atoms with Crippen LogP contribution in [0.15, 0.2) is 30.9 Å². The van der Waals surface area contributed by atoms with E-state index in [1.165, 1.54) is 6.08 Å². The fourth-order valence-corrected chi connectivity index (χ4v) is 1.06. The molecule has 1 aromatic rings. The highest BCUT2D eigenvalue weighted by molar-refractivity contribution is 5.31. The maximum absolute atomic E-state index is 13.0. The van der Waals surface area contributed by atoms with E-state index in [9.17, 15) is 17.6 Å². The second-order valence-corrected chi connectivity index (χ2v) is 2.79. The fraction of sp³-hybridized carbons (Fsp3) is 0.200. The van der Waals surface area contributed by atoms with Gasteiger partial charge in [-0.15, -0.1) is 19.8 Å². The summed E-state index contributed by atoms with van der Waals surface area (Å²) >= 11 is 0. The molecular formula is C10H10F4O. The Hall–Kier alpha value is -1.52. The number of halogens is 4. The van der Waals surface area contributed by atoms with Crippen LogP contribution in [0.1, 0.15) is 6.99 Å². The summed E-state index contributed by atoms with van der Waals surface area (Å²) in [5.41, 5.74) is 0.117. The zero-order valence-electron chi connectivity index (χ0n) is 7.64. The molecule has 0 aliphatic rings. The first kappa shape index (κ1) is 11.6. The van der Waals surface area contributed by atoms with Gasteiger partial charge in [0.25, 0.3) is 0 Å². The van der Waals surface area contributed by atoms with Crippen LogP contribution < -0.4 is 4.74 Å². The van der Waals surface area contributed by atoms with Crippen molar-refractivity contribution in [3.63, 3.8) is 0 Å². The second-order valence-electron chi connectivity index (χ2n) is 2.79. The quantitative estimate of drug-likeness (QED) is 0.559. The SMILES string of the molecule is C=CCc1cc(OC(F)(F)F)ccc1F.[HH]. The summed E-state index contributed by atoms with van der Waals surface area (Å²) in [5, 5.41) is 0. The van der Waals surface area contributed by atoms with E-state index in [0.717, 1.165) is 18.2 Å². The van der Waals surface area contributed by atoms with Crippen molar-refractivity contribution >= 4 is 0 Å². The summed E-state index contributed by atoms with van der Waals surface area (Å²) in [6.07, 6.45) is -3.21. The van der Waals surface area contributed by atoms with Crippen molar-refractivity contribution in [2.24, 2.45) is 0 Å². The standard InChI is InChI=1S/C10H8F4O.H2/c1-2-3-7-6-8(4-5-9(7)11)15-10(12,13)14;/h2,4-6H,1,3H2;1H. The van der Waals surface area contributed by atoms with Crippen LogP contribution in [0.3, 0.4) is 0 Å². The first-order chi connectivity index (χ1) is 6.92. The Balaban J connectivity index is 0.00000225. The molecule has 0 N–H and O–H groups in total. The normalized spacial score (nSPS) is 11.2. The average molecular weight is 222 g/mol. The molecule has 15 heavy (non-hydrogen) atoms. The molecule has 0 aromatic heterocycles. The maximum atomic E-state index is 13.0. The summed E-state index contributed by atoms with van der Waals surface area (Å²) in [6.45, 7) is 3.37. The van der Waals surface area contributed by atoms with Gasteiger partial charge >= 0.3 is 6.36 Å². The predicted octanol–water partition coefficient (Wildman–Crippen LogP) is 3.70. The van der Waals surface area contributed by atoms with Gasteiger partial charge in [-0.3, -0.25) is 0 Å². The molecule has 0 fully saturated rings. The molecule has 0 bridgehead atoms. The van der Waals surface area contributed by atoms with Crippen molar-refractivity contribution in [3.05, 3.63) is 42.2 Å². The molecule has 0 atom stereocenters. The van der Waals surface area contributed by atoms with E-state index >= 15 is 0 Å². The van der Waals surface area contributed by atoms with Gasteiger partial charge in [0.15, 0.2) is 0 Å². The van der Waals surface area contributed by atoms with Gasteiger partial charge in [0.05, 0.1) is 0 Å². The number of hydrogen-bond acceptors (Lipinski definition) is 1. The number of hydrogen-bond donors (Lipinski definition) is 0. The zero-order valence-corrected chi connectivity index (χ0v) is 7.64. The molecule has 0 saturated carbocycles. The van der Waals surface area contributed by atoms with Gasteiger partial charge in [-0.2, -0.15) is 0 Å². The number of rotatable bonds is 3. The fourth-order valence-electron chi connectivity index (χ4n) is 1.06. The smallest absolute Gasteiger partial charge is 0.406 e. The van der Waals surface area contributed by atoms with Crippen LogP contribution in [0.5, 0.6) is 5.75 Å². The summed E-state index contributed by atoms with van der Waals surface area (Å²) in [6, 6.07) is 2.86. The summed E-state index contributed by atoms with van der Waals surface area (Å²) < 4.78 is 52.1. The van der Waals surface area contributed by atoms with Crippen molar-refractivity contribution in [2.75, 3.05) is 0 Å². The van der Waals surface area contributed by atoms with Gasteiger partial charge in [0, 0.05) is 1.43 Å². The van der Waals surface area contributed by atoms with Crippen LogP contribution in [0, 0.1) is 5.82 Å². The molecule has 1 aromatic carbocycles. The highest BCUT2D eigenvalue weighted by atomic mass is 19.4. The number of benzene rings is 1.